The molecule has 2 aromatic heterocycles. The van der Waals surface area contributed by atoms with Gasteiger partial charge in [-0.15, -0.1) is 5.10 Å². The first-order chi connectivity index (χ1) is 44.8. The maximum Gasteiger partial charge on any atom is 0.315 e. The molecule has 0 aliphatic carbocycles. The number of nitrogens with one attached hydrogen (secondary N) is 9. The summed E-state index contributed by atoms with van der Waals surface area (Å²) in [7, 11) is 1.84. The Kier molecular flexibility index (Phi) is 26.9. The summed E-state index contributed by atoms with van der Waals surface area (Å²) < 4.78 is 34.4. The van der Waals surface area contributed by atoms with E-state index in [0.717, 1.165) is 35.9 Å². The Morgan fingerprint density at radius 1 is 0.699 bits per heavy atom. The quantitative estimate of drug-likeness (QED) is 0.0278. The molecule has 3 aromatic carbocycles. The van der Waals surface area contributed by atoms with E-state index >= 15 is 4.79 Å². The minimum atomic E-state index is -1.39. The molecular weight excluding hydrogens is 1220 g/mol. The molecule has 11 N–H and O–H groups in total. The van der Waals surface area contributed by atoms with Crippen LogP contribution in [0.3, 0.4) is 0 Å². The molecule has 0 saturated carbocycles. The van der Waals surface area contributed by atoms with Gasteiger partial charge in [0.1, 0.15) is 48.7 Å². The number of nitrogens with two attached hydrogens (primary N) is 1. The average molecular weight is 1310 g/mol. The summed E-state index contributed by atoms with van der Waals surface area (Å²) in [5.41, 5.74) is 8.82. The number of rotatable bonds is 26. The van der Waals surface area contributed by atoms with Gasteiger partial charge in [0, 0.05) is 86.5 Å². The molecule has 26 nitrogen and oxygen atoms in total. The molecule has 2 bridgehead atoms. The Hall–Kier alpha value is -8.47. The van der Waals surface area contributed by atoms with Crippen LogP contribution in [0.25, 0.3) is 10.9 Å². The lowest BCUT2D eigenvalue weighted by Crippen LogP contribution is -2.60. The van der Waals surface area contributed by atoms with Crippen LogP contribution in [0.15, 0.2) is 91.3 Å². The van der Waals surface area contributed by atoms with Crippen LogP contribution < -0.4 is 53.6 Å². The average Bonchev–Trinajstić information content (AvgIpc) is 1.71. The fraction of sp³-hybridized carbons (Fsp3) is 0.523. The SMILES string of the molecule is CC(C)C[C@H]1NC(=O)[C@@H](NC(=O)COCCOCCOCCNC(=O)CCCCC2SC[C@H]3NC(=O)N[C@@H]23)Cc2cn(nn2)CCCC[C@@H](C(N)=O)NC(=O)[C@H](Cc2ccc(F)cc2)NC(=O)[C@H](Cc2cn(C)c3ccccc23)NC(=O)[C@@H](Cc2ccccc2)NC1=O. The van der Waals surface area contributed by atoms with Crippen LogP contribution in [0.1, 0.15) is 87.6 Å². The third kappa shape index (κ3) is 22.1. The molecule has 28 heteroatoms. The van der Waals surface area contributed by atoms with Crippen molar-refractivity contribution in [2.45, 2.75) is 151 Å². The van der Waals surface area contributed by atoms with E-state index in [1.165, 1.54) is 28.9 Å². The number of hydrogen-bond donors (Lipinski definition) is 10. The fourth-order valence-electron chi connectivity index (χ4n) is 11.5. The number of carbonyl (C=O) groups excluding carboxylic acids is 9. The highest BCUT2D eigenvalue weighted by Crippen LogP contribution is 2.33. The lowest BCUT2D eigenvalue weighted by Gasteiger charge is -2.28. The van der Waals surface area contributed by atoms with E-state index in [9.17, 15) is 42.7 Å². The minimum Gasteiger partial charge on any atom is -0.377 e. The van der Waals surface area contributed by atoms with Crippen molar-refractivity contribution in [3.63, 3.8) is 0 Å². The molecule has 1 unspecified atom stereocenters. The second-order valence-corrected chi connectivity index (χ2v) is 25.4. The second-order valence-electron chi connectivity index (χ2n) is 24.1. The molecule has 502 valence electrons. The van der Waals surface area contributed by atoms with Crippen LogP contribution in [0.2, 0.25) is 0 Å². The van der Waals surface area contributed by atoms with Crippen molar-refractivity contribution in [3.05, 3.63) is 119 Å². The number of benzene rings is 3. The number of aromatic nitrogens is 4. The monoisotopic (exact) mass is 1310 g/mol. The maximum atomic E-state index is 15.0. The zero-order valence-corrected chi connectivity index (χ0v) is 53.7. The van der Waals surface area contributed by atoms with E-state index in [2.05, 4.69) is 58.2 Å². The maximum absolute atomic E-state index is 15.0. The fourth-order valence-corrected chi connectivity index (χ4v) is 13.1. The van der Waals surface area contributed by atoms with Gasteiger partial charge in [0.2, 0.25) is 47.3 Å². The Morgan fingerprint density at radius 3 is 2.04 bits per heavy atom. The molecule has 93 heavy (non-hydrogen) atoms. The number of halogens is 1. The van der Waals surface area contributed by atoms with E-state index in [1.54, 1.807) is 36.5 Å². The lowest BCUT2D eigenvalue weighted by molar-refractivity contribution is -0.136. The number of ether oxygens (including phenoxy) is 3. The Bertz CT molecular complexity index is 3340. The Balaban J connectivity index is 0.924. The predicted octanol–water partition coefficient (Wildman–Crippen LogP) is 1.70. The predicted molar refractivity (Wildman–Crippen MR) is 344 cm³/mol. The van der Waals surface area contributed by atoms with Gasteiger partial charge in [0.15, 0.2) is 0 Å². The number of thioether (sulfide) groups is 1. The van der Waals surface area contributed by atoms with E-state index in [4.69, 9.17) is 19.9 Å². The highest BCUT2D eigenvalue weighted by molar-refractivity contribution is 8.00. The van der Waals surface area contributed by atoms with Crippen molar-refractivity contribution in [1.29, 1.82) is 0 Å². The molecule has 9 atom stereocenters. The zero-order valence-electron chi connectivity index (χ0n) is 52.8. The number of urea groups is 1. The molecule has 5 aromatic rings. The summed E-state index contributed by atoms with van der Waals surface area (Å²) in [6, 6.07) is 14.1. The molecule has 2 fully saturated rings. The minimum absolute atomic E-state index is 0.0222. The molecule has 0 spiro atoms. The van der Waals surface area contributed by atoms with Gasteiger partial charge >= 0.3 is 6.03 Å². The number of fused-ring (bicyclic) bond motifs is 4. The number of nitrogens with zero attached hydrogens (tertiary/aromatic N) is 4. The van der Waals surface area contributed by atoms with E-state index in [1.807, 2.05) is 67.7 Å². The number of primary amides is 1. The van der Waals surface area contributed by atoms with Gasteiger partial charge in [-0.3, -0.25) is 43.0 Å². The van der Waals surface area contributed by atoms with Crippen LogP contribution in [-0.4, -0.2) is 178 Å². The van der Waals surface area contributed by atoms with E-state index in [-0.39, 0.29) is 101 Å². The van der Waals surface area contributed by atoms with Crippen molar-refractivity contribution in [2.24, 2.45) is 18.7 Å². The van der Waals surface area contributed by atoms with Crippen molar-refractivity contribution in [3.8, 4) is 0 Å². The number of para-hydroxylation sites is 1. The first-order valence-electron chi connectivity index (χ1n) is 31.8. The molecule has 2 saturated heterocycles. The lowest BCUT2D eigenvalue weighted by atomic mass is 9.99. The molecule has 3 aliphatic heterocycles. The smallest absolute Gasteiger partial charge is 0.315 e. The molecule has 8 rings (SSSR count). The Labute approximate surface area is 544 Å². The van der Waals surface area contributed by atoms with Gasteiger partial charge in [-0.2, -0.15) is 11.8 Å². The first kappa shape index (κ1) is 70.4. The van der Waals surface area contributed by atoms with Crippen molar-refractivity contribution >= 4 is 76.0 Å². The van der Waals surface area contributed by atoms with Gasteiger partial charge in [-0.05, 0) is 79.3 Å². The van der Waals surface area contributed by atoms with Gasteiger partial charge in [-0.1, -0.05) is 86.1 Å². The highest BCUT2D eigenvalue weighted by Gasteiger charge is 2.43. The third-order valence-corrected chi connectivity index (χ3v) is 17.9. The van der Waals surface area contributed by atoms with Crippen LogP contribution in [0, 0.1) is 11.7 Å². The molecule has 0 radical (unpaired) electrons. The van der Waals surface area contributed by atoms with Crippen molar-refractivity contribution in [1.82, 2.24) is 67.4 Å². The number of unbranched alkanes of at least 4 members (excludes halogenated alkanes) is 1. The van der Waals surface area contributed by atoms with Crippen LogP contribution in [0.5, 0.6) is 0 Å². The standard InChI is InChI=1S/C65H87FN14O12S/c1-40(2)31-48-60(84)72-49(32-41-13-5-4-6-14-41)62(86)74-51(34-43-36-79(3)54-17-8-7-15-46(43)54)63(87)73-50(33-42-20-22-44(66)23-21-42)61(85)70-47(59(67)83)16-11-12-25-80-37-45(77-78-80)35-52(64(88)71-48)69-57(82)38-92-30-29-91-28-27-90-26-24-68-56(81)19-10-9-18-55-58-53(39-93-55)75-65(89)76-58/h4-8,13-15,17,20-23,36-37,40,47-53,55,58H,9-12,16,18-19,24-35,38-39H2,1-3H3,(H2,67,83)(H,68,81)(H,69,82)(H,70,85)(H,71,88)(H,72,84)(H,73,87)(H,74,86)(H2,75,76,89)/t47-,48+,49+,50-,51-,52-,53+,55?,58+/m0/s1. The van der Waals surface area contributed by atoms with Gasteiger partial charge in [0.05, 0.1) is 50.8 Å². The highest BCUT2D eigenvalue weighted by atomic mass is 32.2. The summed E-state index contributed by atoms with van der Waals surface area (Å²) in [6.45, 7) is 4.80. The number of amides is 10. The summed E-state index contributed by atoms with van der Waals surface area (Å²) >= 11 is 1.85. The van der Waals surface area contributed by atoms with E-state index in [0.29, 0.717) is 60.0 Å². The van der Waals surface area contributed by atoms with Gasteiger partial charge in [-0.25, -0.2) is 9.18 Å². The normalized spacial score (nSPS) is 22.7. The molecule has 3 aliphatic rings. The van der Waals surface area contributed by atoms with Crippen LogP contribution >= 0.6 is 11.8 Å². The van der Waals surface area contributed by atoms with Crippen molar-refractivity contribution in [2.75, 3.05) is 51.9 Å². The summed E-state index contributed by atoms with van der Waals surface area (Å²) in [5.74, 6) is -5.14. The van der Waals surface area contributed by atoms with Crippen LogP contribution in [-0.2, 0) is 91.8 Å². The second kappa shape index (κ2) is 35.5. The molecule has 10 amide bonds. The summed E-state index contributed by atoms with van der Waals surface area (Å²) in [4.78, 5) is 124. The molecule has 5 heterocycles. The topological polar surface area (TPSA) is 351 Å². The van der Waals surface area contributed by atoms with Gasteiger partial charge < -0.3 is 72.4 Å². The Morgan fingerprint density at radius 2 is 1.33 bits per heavy atom. The zero-order chi connectivity index (χ0) is 66.2. The van der Waals surface area contributed by atoms with Crippen molar-refractivity contribution < 1.29 is 61.8 Å². The number of carbonyl (C=O) groups is 9. The molecular formula is C65H87FN14O12S. The van der Waals surface area contributed by atoms with E-state index < -0.39 is 90.0 Å². The number of hydrogen-bond acceptors (Lipinski definition) is 15. The summed E-state index contributed by atoms with van der Waals surface area (Å²) in [6.07, 6.45) is 6.92. The van der Waals surface area contributed by atoms with Gasteiger partial charge in [0.25, 0.3) is 0 Å². The first-order valence-corrected chi connectivity index (χ1v) is 32.9. The third-order valence-electron chi connectivity index (χ3n) is 16.3. The summed E-state index contributed by atoms with van der Waals surface area (Å²) in [5, 5.41) is 35.3. The largest absolute Gasteiger partial charge is 0.377 e. The number of aryl methyl sites for hydroxylation is 2. The van der Waals surface area contributed by atoms with Crippen LogP contribution in [0.4, 0.5) is 9.18 Å².